The lowest BCUT2D eigenvalue weighted by Gasteiger charge is -2.15. The number of rotatable bonds is 4. The van der Waals surface area contributed by atoms with E-state index in [9.17, 15) is 4.79 Å². The van der Waals surface area contributed by atoms with Crippen LogP contribution in [-0.4, -0.2) is 16.9 Å². The summed E-state index contributed by atoms with van der Waals surface area (Å²) in [4.78, 5) is 16.3. The Hall–Kier alpha value is -1.43. The van der Waals surface area contributed by atoms with E-state index in [0.717, 1.165) is 22.0 Å². The minimum atomic E-state index is -0.212. The van der Waals surface area contributed by atoms with Crippen LogP contribution in [0.4, 0.5) is 5.69 Å². The average molecular weight is 326 g/mol. The first-order chi connectivity index (χ1) is 9.47. The zero-order valence-corrected chi connectivity index (χ0v) is 13.9. The minimum absolute atomic E-state index is 0. The Morgan fingerprint density at radius 2 is 1.90 bits per heavy atom. The van der Waals surface area contributed by atoms with Crippen molar-refractivity contribution in [1.29, 1.82) is 0 Å². The number of amides is 1. The van der Waals surface area contributed by atoms with Gasteiger partial charge in [-0.3, -0.25) is 4.79 Å². The summed E-state index contributed by atoms with van der Waals surface area (Å²) in [7, 11) is 0. The van der Waals surface area contributed by atoms with Gasteiger partial charge in [0.2, 0.25) is 5.91 Å². The number of aryl methyl sites for hydroxylation is 1. The van der Waals surface area contributed by atoms with Crippen molar-refractivity contribution >= 4 is 35.3 Å². The van der Waals surface area contributed by atoms with Gasteiger partial charge in [-0.2, -0.15) is 0 Å². The van der Waals surface area contributed by atoms with Gasteiger partial charge in [-0.15, -0.1) is 23.7 Å². The van der Waals surface area contributed by atoms with Crippen molar-refractivity contribution < 1.29 is 4.79 Å². The fourth-order valence-corrected chi connectivity index (χ4v) is 2.34. The maximum Gasteiger partial charge on any atom is 0.228 e. The summed E-state index contributed by atoms with van der Waals surface area (Å²) in [5, 5.41) is 5.94. The topological polar surface area (TPSA) is 68.0 Å². The van der Waals surface area contributed by atoms with Crippen LogP contribution < -0.4 is 11.1 Å². The number of carbonyl (C=O) groups is 1. The van der Waals surface area contributed by atoms with Gasteiger partial charge in [0.15, 0.2) is 0 Å². The molecule has 2 rings (SSSR count). The lowest BCUT2D eigenvalue weighted by Crippen LogP contribution is -2.34. The fraction of sp³-hybridized carbons (Fsp3) is 0.333. The van der Waals surface area contributed by atoms with E-state index >= 15 is 0 Å². The Morgan fingerprint density at radius 1 is 1.29 bits per heavy atom. The highest BCUT2D eigenvalue weighted by atomic mass is 35.5. The standard InChI is InChI=1S/C15H19N3OS.ClH/c1-9(10(2)16)15(19)18-13-6-4-12(5-7-13)14-8-20-11(3)17-14;/h4-10H,16H2,1-3H3,(H,18,19);1H. The maximum atomic E-state index is 11.9. The molecule has 6 heteroatoms. The molecule has 4 nitrogen and oxygen atoms in total. The molecule has 0 saturated carbocycles. The van der Waals surface area contributed by atoms with Crippen LogP contribution in [0.2, 0.25) is 0 Å². The van der Waals surface area contributed by atoms with Gasteiger partial charge in [0.05, 0.1) is 16.6 Å². The van der Waals surface area contributed by atoms with Crippen molar-refractivity contribution in [3.8, 4) is 11.3 Å². The summed E-state index contributed by atoms with van der Waals surface area (Å²) in [5.74, 6) is -0.270. The van der Waals surface area contributed by atoms with Gasteiger partial charge in [0.1, 0.15) is 0 Å². The Bertz CT molecular complexity index is 595. The Kier molecular flexibility index (Phi) is 6.33. The van der Waals surface area contributed by atoms with Gasteiger partial charge in [0.25, 0.3) is 0 Å². The molecule has 0 spiro atoms. The molecule has 0 aliphatic carbocycles. The largest absolute Gasteiger partial charge is 0.327 e. The first kappa shape index (κ1) is 17.6. The second-order valence-electron chi connectivity index (χ2n) is 4.97. The number of aromatic nitrogens is 1. The fourth-order valence-electron chi connectivity index (χ4n) is 1.72. The lowest BCUT2D eigenvalue weighted by atomic mass is 10.0. The summed E-state index contributed by atoms with van der Waals surface area (Å²) in [6, 6.07) is 7.53. The molecule has 2 aromatic rings. The third kappa shape index (κ3) is 4.52. The molecule has 0 radical (unpaired) electrons. The molecule has 2 unspecified atom stereocenters. The van der Waals surface area contributed by atoms with Gasteiger partial charge in [0, 0.05) is 22.7 Å². The number of nitrogens with zero attached hydrogens (tertiary/aromatic N) is 1. The van der Waals surface area contributed by atoms with Crippen molar-refractivity contribution in [2.75, 3.05) is 5.32 Å². The highest BCUT2D eigenvalue weighted by molar-refractivity contribution is 7.09. The van der Waals surface area contributed by atoms with Crippen molar-refractivity contribution in [2.45, 2.75) is 26.8 Å². The second kappa shape index (κ2) is 7.54. The molecular formula is C15H20ClN3OS. The number of halogens is 1. The molecule has 2 atom stereocenters. The second-order valence-corrected chi connectivity index (χ2v) is 6.03. The molecule has 1 aromatic heterocycles. The quantitative estimate of drug-likeness (QED) is 0.904. The van der Waals surface area contributed by atoms with Crippen LogP contribution in [-0.2, 0) is 4.79 Å². The van der Waals surface area contributed by atoms with Crippen molar-refractivity contribution in [3.63, 3.8) is 0 Å². The summed E-state index contributed by atoms with van der Waals surface area (Å²) < 4.78 is 0. The summed E-state index contributed by atoms with van der Waals surface area (Å²) in [5.41, 5.74) is 8.52. The number of benzene rings is 1. The van der Waals surface area contributed by atoms with E-state index in [1.54, 1.807) is 11.3 Å². The van der Waals surface area contributed by atoms with Gasteiger partial charge < -0.3 is 11.1 Å². The van der Waals surface area contributed by atoms with E-state index in [1.165, 1.54) is 0 Å². The molecule has 1 aromatic carbocycles. The third-order valence-corrected chi connectivity index (χ3v) is 4.04. The maximum absolute atomic E-state index is 11.9. The van der Waals surface area contributed by atoms with Gasteiger partial charge in [-0.05, 0) is 26.0 Å². The summed E-state index contributed by atoms with van der Waals surface area (Å²) in [6.45, 7) is 5.64. The number of nitrogens with two attached hydrogens (primary N) is 1. The molecule has 0 bridgehead atoms. The molecule has 1 amide bonds. The van der Waals surface area contributed by atoms with Gasteiger partial charge in [-0.25, -0.2) is 4.98 Å². The van der Waals surface area contributed by atoms with Gasteiger partial charge >= 0.3 is 0 Å². The highest BCUT2D eigenvalue weighted by Crippen LogP contribution is 2.23. The molecular weight excluding hydrogens is 306 g/mol. The predicted molar refractivity (Wildman–Crippen MR) is 91.0 cm³/mol. The Labute approximate surface area is 135 Å². The number of thiazole rings is 1. The molecule has 0 aliphatic heterocycles. The van der Waals surface area contributed by atoms with Crippen LogP contribution >= 0.6 is 23.7 Å². The summed E-state index contributed by atoms with van der Waals surface area (Å²) >= 11 is 1.63. The van der Waals surface area contributed by atoms with Crippen molar-refractivity contribution in [2.24, 2.45) is 11.7 Å². The highest BCUT2D eigenvalue weighted by Gasteiger charge is 2.16. The molecule has 3 N–H and O–H groups in total. The van der Waals surface area contributed by atoms with Crippen molar-refractivity contribution in [3.05, 3.63) is 34.7 Å². The average Bonchev–Trinajstić information content (AvgIpc) is 2.85. The third-order valence-electron chi connectivity index (χ3n) is 3.27. The number of anilines is 1. The molecule has 0 fully saturated rings. The van der Waals surface area contributed by atoms with Crippen LogP contribution in [0.15, 0.2) is 29.6 Å². The van der Waals surface area contributed by atoms with E-state index in [2.05, 4.69) is 10.3 Å². The Balaban J connectivity index is 0.00000220. The number of nitrogens with one attached hydrogen (secondary N) is 1. The molecule has 1 heterocycles. The van der Waals surface area contributed by atoms with E-state index in [4.69, 9.17) is 5.73 Å². The first-order valence-corrected chi connectivity index (χ1v) is 7.44. The normalized spacial score (nSPS) is 13.1. The summed E-state index contributed by atoms with van der Waals surface area (Å²) in [6.07, 6.45) is 0. The monoisotopic (exact) mass is 325 g/mol. The van der Waals surface area contributed by atoms with Crippen LogP contribution in [0.5, 0.6) is 0 Å². The number of hydrogen-bond donors (Lipinski definition) is 2. The SMILES string of the molecule is Cc1nc(-c2ccc(NC(=O)C(C)C(C)N)cc2)cs1.Cl. The van der Waals surface area contributed by atoms with Crippen LogP contribution in [0, 0.1) is 12.8 Å². The van der Waals surface area contributed by atoms with Gasteiger partial charge in [-0.1, -0.05) is 19.1 Å². The zero-order valence-electron chi connectivity index (χ0n) is 12.3. The van der Waals surface area contributed by atoms with Crippen LogP contribution in [0.3, 0.4) is 0 Å². The lowest BCUT2D eigenvalue weighted by molar-refractivity contribution is -0.119. The molecule has 0 saturated heterocycles. The zero-order chi connectivity index (χ0) is 14.7. The first-order valence-electron chi connectivity index (χ1n) is 6.56. The predicted octanol–water partition coefficient (Wildman–Crippen LogP) is 3.46. The molecule has 114 valence electrons. The minimum Gasteiger partial charge on any atom is -0.327 e. The van der Waals surface area contributed by atoms with E-state index in [1.807, 2.05) is 50.4 Å². The smallest absolute Gasteiger partial charge is 0.228 e. The molecule has 0 aliphatic rings. The van der Waals surface area contributed by atoms with E-state index in [0.29, 0.717) is 0 Å². The molecule has 21 heavy (non-hydrogen) atoms. The van der Waals surface area contributed by atoms with E-state index < -0.39 is 0 Å². The number of carbonyl (C=O) groups excluding carboxylic acids is 1. The van der Waals surface area contributed by atoms with Crippen LogP contribution in [0.1, 0.15) is 18.9 Å². The Morgan fingerprint density at radius 3 is 2.38 bits per heavy atom. The van der Waals surface area contributed by atoms with E-state index in [-0.39, 0.29) is 30.3 Å². The van der Waals surface area contributed by atoms with Crippen LogP contribution in [0.25, 0.3) is 11.3 Å². The number of hydrogen-bond acceptors (Lipinski definition) is 4. The van der Waals surface area contributed by atoms with Crippen molar-refractivity contribution in [1.82, 2.24) is 4.98 Å².